The molecule has 2 N–H and O–H groups in total. The van der Waals surface area contributed by atoms with E-state index in [1.54, 1.807) is 30.5 Å². The fourth-order valence-electron chi connectivity index (χ4n) is 3.30. The summed E-state index contributed by atoms with van der Waals surface area (Å²) in [4.78, 5) is 19.6. The highest BCUT2D eigenvalue weighted by Gasteiger charge is 2.26. The van der Waals surface area contributed by atoms with Crippen LogP contribution in [0.1, 0.15) is 39.7 Å². The monoisotopic (exact) mass is 377 g/mol. The van der Waals surface area contributed by atoms with Gasteiger partial charge in [0.2, 0.25) is 0 Å². The Hall–Kier alpha value is -2.18. The van der Waals surface area contributed by atoms with E-state index >= 15 is 0 Å². The van der Waals surface area contributed by atoms with E-state index in [1.165, 1.54) is 18.3 Å². The molecular formula is C19H21ClFN3O2. The molecule has 0 saturated heterocycles. The van der Waals surface area contributed by atoms with Gasteiger partial charge in [0, 0.05) is 17.8 Å². The van der Waals surface area contributed by atoms with Crippen molar-refractivity contribution in [2.75, 3.05) is 0 Å². The van der Waals surface area contributed by atoms with Crippen molar-refractivity contribution in [1.82, 2.24) is 14.5 Å². The number of nitrogens with one attached hydrogen (secondary N) is 1. The van der Waals surface area contributed by atoms with E-state index in [1.807, 2.05) is 6.92 Å². The van der Waals surface area contributed by atoms with Crippen LogP contribution < -0.4 is 5.69 Å². The number of aromatic amines is 1. The largest absolute Gasteiger partial charge is 0.390 e. The van der Waals surface area contributed by atoms with Gasteiger partial charge in [0.05, 0.1) is 16.1 Å². The Labute approximate surface area is 155 Å². The molecule has 0 amide bonds. The van der Waals surface area contributed by atoms with Crippen LogP contribution in [0.25, 0.3) is 22.3 Å². The quantitative estimate of drug-likeness (QED) is 0.696. The van der Waals surface area contributed by atoms with Crippen molar-refractivity contribution in [3.63, 3.8) is 0 Å². The van der Waals surface area contributed by atoms with Gasteiger partial charge >= 0.3 is 5.69 Å². The van der Waals surface area contributed by atoms with Crippen molar-refractivity contribution in [3.8, 4) is 11.1 Å². The molecule has 0 aliphatic carbocycles. The predicted octanol–water partition coefficient (Wildman–Crippen LogP) is 4.30. The molecule has 0 unspecified atom stereocenters. The van der Waals surface area contributed by atoms with Gasteiger partial charge < -0.3 is 5.11 Å². The average Bonchev–Trinajstić information content (AvgIpc) is 2.89. The molecule has 1 atom stereocenters. The second kappa shape index (κ2) is 6.85. The van der Waals surface area contributed by atoms with Crippen LogP contribution in [0.15, 0.2) is 35.3 Å². The third kappa shape index (κ3) is 3.52. The molecule has 5 nitrogen and oxygen atoms in total. The molecule has 0 fully saturated rings. The molecule has 1 aromatic carbocycles. The zero-order valence-corrected chi connectivity index (χ0v) is 15.6. The van der Waals surface area contributed by atoms with Gasteiger partial charge in [-0.05, 0) is 44.4 Å². The number of aromatic nitrogens is 3. The lowest BCUT2D eigenvalue weighted by Crippen LogP contribution is -2.29. The van der Waals surface area contributed by atoms with Crippen LogP contribution in [0, 0.1) is 5.82 Å². The summed E-state index contributed by atoms with van der Waals surface area (Å²) in [6.07, 6.45) is 2.51. The first-order chi connectivity index (χ1) is 12.2. The first kappa shape index (κ1) is 18.6. The number of pyridine rings is 1. The van der Waals surface area contributed by atoms with Crippen LogP contribution in [-0.2, 0) is 0 Å². The molecule has 0 aliphatic heterocycles. The number of H-pyrrole nitrogens is 1. The van der Waals surface area contributed by atoms with E-state index in [0.717, 1.165) is 0 Å². The first-order valence-electron chi connectivity index (χ1n) is 8.48. The maximum absolute atomic E-state index is 13.3. The Bertz CT molecular complexity index is 987. The van der Waals surface area contributed by atoms with Gasteiger partial charge in [-0.2, -0.15) is 0 Å². The summed E-state index contributed by atoms with van der Waals surface area (Å²) in [6.45, 7) is 5.38. The van der Waals surface area contributed by atoms with E-state index in [0.29, 0.717) is 40.2 Å². The average molecular weight is 378 g/mol. The Kier molecular flexibility index (Phi) is 4.90. The molecule has 3 rings (SSSR count). The van der Waals surface area contributed by atoms with Crippen LogP contribution in [0.3, 0.4) is 0 Å². The number of halogens is 2. The zero-order chi connectivity index (χ0) is 19.1. The third-order valence-electron chi connectivity index (χ3n) is 4.40. The Morgan fingerprint density at radius 1 is 1.35 bits per heavy atom. The van der Waals surface area contributed by atoms with Crippen LogP contribution in [-0.4, -0.2) is 25.2 Å². The van der Waals surface area contributed by atoms with E-state index in [4.69, 9.17) is 11.6 Å². The lowest BCUT2D eigenvalue weighted by atomic mass is 9.96. The van der Waals surface area contributed by atoms with Crippen molar-refractivity contribution < 1.29 is 9.50 Å². The van der Waals surface area contributed by atoms with Crippen LogP contribution in [0.4, 0.5) is 4.39 Å². The second-order valence-electron chi connectivity index (χ2n) is 7.06. The number of hydrogen-bond acceptors (Lipinski definition) is 3. The van der Waals surface area contributed by atoms with Crippen LogP contribution in [0.2, 0.25) is 5.02 Å². The van der Waals surface area contributed by atoms with Crippen molar-refractivity contribution in [1.29, 1.82) is 0 Å². The highest BCUT2D eigenvalue weighted by Crippen LogP contribution is 2.36. The van der Waals surface area contributed by atoms with E-state index in [9.17, 15) is 14.3 Å². The maximum Gasteiger partial charge on any atom is 0.327 e. The lowest BCUT2D eigenvalue weighted by molar-refractivity contribution is 0.0538. The third-order valence-corrected chi connectivity index (χ3v) is 4.68. The van der Waals surface area contributed by atoms with Gasteiger partial charge in [0.1, 0.15) is 5.82 Å². The smallest absolute Gasteiger partial charge is 0.327 e. The van der Waals surface area contributed by atoms with Crippen LogP contribution in [0.5, 0.6) is 0 Å². The first-order valence-corrected chi connectivity index (χ1v) is 8.86. The Balaban J connectivity index is 2.30. The highest BCUT2D eigenvalue weighted by atomic mass is 35.5. The summed E-state index contributed by atoms with van der Waals surface area (Å²) in [7, 11) is 0. The van der Waals surface area contributed by atoms with Crippen molar-refractivity contribution in [2.24, 2.45) is 0 Å². The molecule has 0 spiro atoms. The second-order valence-corrected chi connectivity index (χ2v) is 7.47. The summed E-state index contributed by atoms with van der Waals surface area (Å²) in [6, 6.07) is 5.70. The number of imidazole rings is 1. The minimum Gasteiger partial charge on any atom is -0.390 e. The topological polar surface area (TPSA) is 70.9 Å². The minimum atomic E-state index is -0.939. The molecule has 3 aromatic rings. The van der Waals surface area contributed by atoms with Crippen molar-refractivity contribution >= 4 is 22.8 Å². The predicted molar refractivity (Wildman–Crippen MR) is 101 cm³/mol. The fraction of sp³-hybridized carbons (Fsp3) is 0.368. The van der Waals surface area contributed by atoms with E-state index in [2.05, 4.69) is 9.97 Å². The summed E-state index contributed by atoms with van der Waals surface area (Å²) in [5.41, 5.74) is 1.03. The van der Waals surface area contributed by atoms with Gasteiger partial charge in [0.25, 0.3) is 0 Å². The van der Waals surface area contributed by atoms with Gasteiger partial charge in [-0.1, -0.05) is 30.7 Å². The Morgan fingerprint density at radius 3 is 2.58 bits per heavy atom. The molecule has 0 radical (unpaired) electrons. The highest BCUT2D eigenvalue weighted by molar-refractivity contribution is 6.34. The molecule has 0 aliphatic rings. The standard InChI is InChI=1S/C19H21ClFN3O2/c1-4-13(9-19(2,3)26)24-16-15(11-5-7-12(21)8-6-11)14(20)10-22-17(16)23-18(24)25/h5-8,10,13,26H,4,9H2,1-3H3,(H,22,23,25)/t13-/m1/s1. The molecule has 26 heavy (non-hydrogen) atoms. The fourth-order valence-corrected chi connectivity index (χ4v) is 3.55. The van der Waals surface area contributed by atoms with Gasteiger partial charge in [-0.25, -0.2) is 14.2 Å². The van der Waals surface area contributed by atoms with Crippen molar-refractivity contribution in [3.05, 3.63) is 51.8 Å². The molecule has 0 bridgehead atoms. The van der Waals surface area contributed by atoms with E-state index < -0.39 is 5.60 Å². The SMILES string of the molecule is CC[C@H](CC(C)(C)O)n1c(=O)[nH]c2ncc(Cl)c(-c3ccc(F)cc3)c21. The minimum absolute atomic E-state index is 0.240. The summed E-state index contributed by atoms with van der Waals surface area (Å²) in [5.74, 6) is -0.352. The number of rotatable bonds is 5. The van der Waals surface area contributed by atoms with Gasteiger partial charge in [-0.15, -0.1) is 0 Å². The lowest BCUT2D eigenvalue weighted by Gasteiger charge is -2.25. The molecule has 138 valence electrons. The number of nitrogens with zero attached hydrogens (tertiary/aromatic N) is 2. The zero-order valence-electron chi connectivity index (χ0n) is 14.9. The molecular weight excluding hydrogens is 357 g/mol. The molecule has 0 saturated carbocycles. The molecule has 7 heteroatoms. The number of benzene rings is 1. The number of hydrogen-bond donors (Lipinski definition) is 2. The summed E-state index contributed by atoms with van der Waals surface area (Å²) < 4.78 is 14.9. The van der Waals surface area contributed by atoms with E-state index in [-0.39, 0.29) is 17.5 Å². The summed E-state index contributed by atoms with van der Waals surface area (Å²) >= 11 is 6.40. The molecule has 2 heterocycles. The Morgan fingerprint density at radius 2 is 2.00 bits per heavy atom. The molecule has 2 aromatic heterocycles. The van der Waals surface area contributed by atoms with Crippen LogP contribution >= 0.6 is 11.6 Å². The van der Waals surface area contributed by atoms with Crippen molar-refractivity contribution in [2.45, 2.75) is 45.3 Å². The maximum atomic E-state index is 13.3. The van der Waals surface area contributed by atoms with Gasteiger partial charge in [0.15, 0.2) is 5.65 Å². The summed E-state index contributed by atoms with van der Waals surface area (Å²) in [5, 5.41) is 10.6. The normalized spacial score (nSPS) is 13.3. The number of fused-ring (bicyclic) bond motifs is 1. The van der Waals surface area contributed by atoms with Gasteiger partial charge in [-0.3, -0.25) is 9.55 Å². The number of aliphatic hydroxyl groups is 1.